The molecular formula is C12H23N3. The second-order valence-corrected chi connectivity index (χ2v) is 4.24. The molecule has 0 aliphatic heterocycles. The van der Waals surface area contributed by atoms with Gasteiger partial charge in [0, 0.05) is 19.3 Å². The maximum atomic E-state index is 6.09. The van der Waals surface area contributed by atoms with Gasteiger partial charge in [-0.15, -0.1) is 0 Å². The normalized spacial score (nSPS) is 13.0. The van der Waals surface area contributed by atoms with Gasteiger partial charge < -0.3 is 10.3 Å². The molecule has 0 aliphatic rings. The van der Waals surface area contributed by atoms with Gasteiger partial charge in [0.05, 0.1) is 12.0 Å². The summed E-state index contributed by atoms with van der Waals surface area (Å²) in [5.74, 6) is 0. The lowest BCUT2D eigenvalue weighted by molar-refractivity contribution is 0.537. The molecule has 15 heavy (non-hydrogen) atoms. The largest absolute Gasteiger partial charge is 0.336 e. The Morgan fingerprint density at radius 1 is 1.33 bits per heavy atom. The molecule has 86 valence electrons. The highest BCUT2D eigenvalue weighted by Crippen LogP contribution is 2.16. The Morgan fingerprint density at radius 3 is 2.67 bits per heavy atom. The first-order valence-electron chi connectivity index (χ1n) is 5.97. The summed E-state index contributed by atoms with van der Waals surface area (Å²) in [5.41, 5.74) is 7.24. The van der Waals surface area contributed by atoms with Crippen LogP contribution in [0.3, 0.4) is 0 Å². The molecule has 3 heteroatoms. The van der Waals surface area contributed by atoms with Crippen molar-refractivity contribution in [2.24, 2.45) is 12.8 Å². The Bertz CT molecular complexity index is 268. The van der Waals surface area contributed by atoms with E-state index in [1.165, 1.54) is 32.1 Å². The molecule has 1 atom stereocenters. The van der Waals surface area contributed by atoms with E-state index >= 15 is 0 Å². The van der Waals surface area contributed by atoms with Crippen molar-refractivity contribution in [3.63, 3.8) is 0 Å². The van der Waals surface area contributed by atoms with Gasteiger partial charge in [0.25, 0.3) is 0 Å². The molecule has 0 radical (unpaired) electrons. The van der Waals surface area contributed by atoms with Crippen LogP contribution in [0.1, 0.15) is 57.2 Å². The lowest BCUT2D eigenvalue weighted by Gasteiger charge is -2.11. The Hall–Kier alpha value is -0.830. The summed E-state index contributed by atoms with van der Waals surface area (Å²) in [7, 11) is 2.00. The molecule has 2 N–H and O–H groups in total. The topological polar surface area (TPSA) is 43.8 Å². The molecule has 1 aromatic rings. The zero-order valence-corrected chi connectivity index (χ0v) is 9.95. The maximum Gasteiger partial charge on any atom is 0.0946 e. The second-order valence-electron chi connectivity index (χ2n) is 4.24. The second kappa shape index (κ2) is 6.62. The summed E-state index contributed by atoms with van der Waals surface area (Å²) in [6.07, 6.45) is 11.3. The molecule has 0 spiro atoms. The van der Waals surface area contributed by atoms with Crippen LogP contribution in [0.4, 0.5) is 0 Å². The number of nitrogens with two attached hydrogens (primary N) is 1. The van der Waals surface area contributed by atoms with Gasteiger partial charge in [-0.3, -0.25) is 0 Å². The minimum Gasteiger partial charge on any atom is -0.336 e. The fourth-order valence-electron chi connectivity index (χ4n) is 1.84. The number of aryl methyl sites for hydroxylation is 1. The Balaban J connectivity index is 2.19. The summed E-state index contributed by atoms with van der Waals surface area (Å²) >= 11 is 0. The monoisotopic (exact) mass is 209 g/mol. The Labute approximate surface area is 92.7 Å². The number of nitrogens with zero attached hydrogens (tertiary/aromatic N) is 2. The van der Waals surface area contributed by atoms with Crippen LogP contribution < -0.4 is 5.73 Å². The number of hydrogen-bond acceptors (Lipinski definition) is 2. The third-order valence-corrected chi connectivity index (χ3v) is 2.85. The zero-order chi connectivity index (χ0) is 11.1. The van der Waals surface area contributed by atoms with E-state index in [2.05, 4.69) is 11.9 Å². The fourth-order valence-corrected chi connectivity index (χ4v) is 1.84. The van der Waals surface area contributed by atoms with E-state index in [1.807, 2.05) is 24.1 Å². The quantitative estimate of drug-likeness (QED) is 0.702. The fraction of sp³-hybridized carbons (Fsp3) is 0.750. The van der Waals surface area contributed by atoms with E-state index in [0.29, 0.717) is 0 Å². The lowest BCUT2D eigenvalue weighted by Crippen LogP contribution is -2.13. The molecule has 0 saturated heterocycles. The van der Waals surface area contributed by atoms with Gasteiger partial charge >= 0.3 is 0 Å². The van der Waals surface area contributed by atoms with Crippen LogP contribution in [-0.2, 0) is 7.05 Å². The molecular weight excluding hydrogens is 186 g/mol. The Morgan fingerprint density at radius 2 is 2.07 bits per heavy atom. The summed E-state index contributed by atoms with van der Waals surface area (Å²) < 4.78 is 2.01. The van der Waals surface area contributed by atoms with E-state index in [4.69, 9.17) is 5.73 Å². The van der Waals surface area contributed by atoms with Crippen molar-refractivity contribution in [3.8, 4) is 0 Å². The van der Waals surface area contributed by atoms with Crippen LogP contribution in [0.15, 0.2) is 12.5 Å². The number of aromatic nitrogens is 2. The molecule has 1 unspecified atom stereocenters. The summed E-state index contributed by atoms with van der Waals surface area (Å²) in [6.45, 7) is 2.24. The highest BCUT2D eigenvalue weighted by Gasteiger charge is 2.08. The predicted molar refractivity (Wildman–Crippen MR) is 63.5 cm³/mol. The van der Waals surface area contributed by atoms with Crippen LogP contribution in [0, 0.1) is 0 Å². The summed E-state index contributed by atoms with van der Waals surface area (Å²) in [5, 5.41) is 0. The molecule has 1 rings (SSSR count). The molecule has 0 bridgehead atoms. The van der Waals surface area contributed by atoms with E-state index in [0.717, 1.165) is 12.1 Å². The number of hydrogen-bond donors (Lipinski definition) is 1. The van der Waals surface area contributed by atoms with Gasteiger partial charge in [-0.2, -0.15) is 0 Å². The highest BCUT2D eigenvalue weighted by molar-refractivity contribution is 5.03. The van der Waals surface area contributed by atoms with Gasteiger partial charge in [0.1, 0.15) is 0 Å². The van der Waals surface area contributed by atoms with Gasteiger partial charge in [-0.05, 0) is 6.42 Å². The van der Waals surface area contributed by atoms with E-state index < -0.39 is 0 Å². The molecule has 3 nitrogen and oxygen atoms in total. The van der Waals surface area contributed by atoms with Crippen molar-refractivity contribution >= 4 is 0 Å². The first-order valence-corrected chi connectivity index (χ1v) is 5.97. The minimum atomic E-state index is 0.152. The van der Waals surface area contributed by atoms with E-state index in [1.54, 1.807) is 0 Å². The maximum absolute atomic E-state index is 6.09. The summed E-state index contributed by atoms with van der Waals surface area (Å²) in [6, 6.07) is 0.152. The molecule has 0 saturated carbocycles. The lowest BCUT2D eigenvalue weighted by atomic mass is 10.1. The van der Waals surface area contributed by atoms with Crippen molar-refractivity contribution in [3.05, 3.63) is 18.2 Å². The number of rotatable bonds is 7. The SMILES string of the molecule is CCCCCCCC(N)c1cncn1C. The molecule has 0 fully saturated rings. The van der Waals surface area contributed by atoms with Crippen LogP contribution in [0.5, 0.6) is 0 Å². The van der Waals surface area contributed by atoms with E-state index in [9.17, 15) is 0 Å². The first-order chi connectivity index (χ1) is 7.25. The zero-order valence-electron chi connectivity index (χ0n) is 9.95. The first kappa shape index (κ1) is 12.2. The average Bonchev–Trinajstić information content (AvgIpc) is 2.64. The van der Waals surface area contributed by atoms with Crippen molar-refractivity contribution in [1.82, 2.24) is 9.55 Å². The van der Waals surface area contributed by atoms with Crippen molar-refractivity contribution in [1.29, 1.82) is 0 Å². The smallest absolute Gasteiger partial charge is 0.0946 e. The van der Waals surface area contributed by atoms with Crippen LogP contribution in [0.25, 0.3) is 0 Å². The average molecular weight is 209 g/mol. The van der Waals surface area contributed by atoms with Crippen molar-refractivity contribution in [2.75, 3.05) is 0 Å². The molecule has 0 aliphatic carbocycles. The molecule has 1 aromatic heterocycles. The number of unbranched alkanes of at least 4 members (excludes halogenated alkanes) is 4. The molecule has 1 heterocycles. The highest BCUT2D eigenvalue weighted by atomic mass is 15.0. The van der Waals surface area contributed by atoms with Crippen LogP contribution in [0.2, 0.25) is 0 Å². The van der Waals surface area contributed by atoms with Gasteiger partial charge in [0.2, 0.25) is 0 Å². The summed E-state index contributed by atoms with van der Waals surface area (Å²) in [4.78, 5) is 4.08. The van der Waals surface area contributed by atoms with Gasteiger partial charge in [0.15, 0.2) is 0 Å². The predicted octanol–water partition coefficient (Wildman–Crippen LogP) is 2.78. The standard InChI is InChI=1S/C12H23N3/c1-3-4-5-6-7-8-11(13)12-9-14-10-15(12)2/h9-11H,3-8,13H2,1-2H3. The van der Waals surface area contributed by atoms with Crippen LogP contribution >= 0.6 is 0 Å². The van der Waals surface area contributed by atoms with E-state index in [-0.39, 0.29) is 6.04 Å². The number of imidazole rings is 1. The Kier molecular flexibility index (Phi) is 5.40. The van der Waals surface area contributed by atoms with Crippen molar-refractivity contribution < 1.29 is 0 Å². The van der Waals surface area contributed by atoms with Crippen molar-refractivity contribution in [2.45, 2.75) is 51.5 Å². The minimum absolute atomic E-state index is 0.152. The van der Waals surface area contributed by atoms with Crippen LogP contribution in [-0.4, -0.2) is 9.55 Å². The molecule has 0 aromatic carbocycles. The third kappa shape index (κ3) is 4.04. The van der Waals surface area contributed by atoms with Gasteiger partial charge in [-0.25, -0.2) is 4.98 Å². The third-order valence-electron chi connectivity index (χ3n) is 2.85. The molecule has 0 amide bonds. The van der Waals surface area contributed by atoms with Gasteiger partial charge in [-0.1, -0.05) is 39.0 Å².